The maximum atomic E-state index is 14.0. The molecule has 2 bridgehead atoms. The number of benzene rings is 2. The van der Waals surface area contributed by atoms with Gasteiger partial charge in [-0.2, -0.15) is 0 Å². The Bertz CT molecular complexity index is 1800. The molecule has 0 radical (unpaired) electrons. The first-order valence-electron chi connectivity index (χ1n) is 19.6. The molecule has 2 fully saturated rings. The van der Waals surface area contributed by atoms with Crippen molar-refractivity contribution in [2.24, 2.45) is 17.8 Å². The van der Waals surface area contributed by atoms with Crippen LogP contribution in [0.2, 0.25) is 5.02 Å². The number of fused-ring (bicyclic) bond motifs is 4. The van der Waals surface area contributed by atoms with Crippen LogP contribution in [0.25, 0.3) is 0 Å². The zero-order valence-corrected chi connectivity index (χ0v) is 32.9. The smallest absolute Gasteiger partial charge is 0.304 e. The Morgan fingerprint density at radius 1 is 1.06 bits per heavy atom. The summed E-state index contributed by atoms with van der Waals surface area (Å²) in [6, 6.07) is 11.8. The van der Waals surface area contributed by atoms with Crippen LogP contribution in [0.4, 0.5) is 5.69 Å². The largest absolute Gasteiger partial charge is 0.490 e. The van der Waals surface area contributed by atoms with E-state index in [4.69, 9.17) is 16.3 Å². The van der Waals surface area contributed by atoms with Crippen LogP contribution >= 0.6 is 11.6 Å². The minimum atomic E-state index is -2.98. The standard InChI is InChI=1S/C41H57ClN4O6S/c1-28-6-4-16-41(50,26-45-20-18-44(19-21-45)17-14-38(47)48)35-11-8-32(35)24-46-25-40(15-5-7-30-22-33(42)10-12-34(30)40)27-52-37-13-9-31(23-36(37)46)39(49)43-53(3,51)29(28)2/h9-10,12-13,22-23,28-29,32,35,50H,3-8,11,14-21,24-27H2,1-2H3,(H,47,48)(H,43,49,51)/t28-,29+,32-,35+,40-,41-,53?/m0/s1. The van der Waals surface area contributed by atoms with Gasteiger partial charge < -0.3 is 24.7 Å². The molecule has 290 valence electrons. The lowest BCUT2D eigenvalue weighted by Gasteiger charge is -2.52. The number of rotatable bonds is 5. The second-order valence-electron chi connectivity index (χ2n) is 16.8. The number of hydrogen-bond acceptors (Lipinski definition) is 8. The van der Waals surface area contributed by atoms with E-state index in [2.05, 4.69) is 44.3 Å². The number of halogens is 1. The van der Waals surface area contributed by atoms with Crippen molar-refractivity contribution in [2.45, 2.75) is 87.9 Å². The second-order valence-corrected chi connectivity index (χ2v) is 19.7. The lowest BCUT2D eigenvalue weighted by atomic mass is 9.62. The number of aryl methyl sites for hydroxylation is 1. The van der Waals surface area contributed by atoms with Crippen LogP contribution in [-0.4, -0.2) is 112 Å². The minimum absolute atomic E-state index is 0.0211. The maximum Gasteiger partial charge on any atom is 0.304 e. The third kappa shape index (κ3) is 8.11. The monoisotopic (exact) mass is 768 g/mol. The van der Waals surface area contributed by atoms with Gasteiger partial charge in [0.2, 0.25) is 0 Å². The highest BCUT2D eigenvalue weighted by molar-refractivity contribution is 7.99. The van der Waals surface area contributed by atoms with E-state index in [0.29, 0.717) is 38.2 Å². The van der Waals surface area contributed by atoms with Crippen LogP contribution in [0.3, 0.4) is 0 Å². The normalized spacial score (nSPS) is 34.2. The fourth-order valence-electron chi connectivity index (χ4n) is 9.88. The zero-order valence-electron chi connectivity index (χ0n) is 31.4. The first-order chi connectivity index (χ1) is 25.2. The van der Waals surface area contributed by atoms with Gasteiger partial charge >= 0.3 is 5.97 Å². The van der Waals surface area contributed by atoms with E-state index in [1.54, 1.807) is 6.07 Å². The molecule has 5 aliphatic rings. The Kier molecular flexibility index (Phi) is 11.1. The Labute approximate surface area is 320 Å². The molecule has 1 saturated carbocycles. The van der Waals surface area contributed by atoms with Crippen molar-refractivity contribution in [1.82, 2.24) is 14.5 Å². The van der Waals surface area contributed by atoms with E-state index >= 15 is 0 Å². The number of ether oxygens (including phenoxy) is 1. The summed E-state index contributed by atoms with van der Waals surface area (Å²) in [6.45, 7) is 10.2. The molecule has 1 unspecified atom stereocenters. The molecule has 2 aliphatic carbocycles. The van der Waals surface area contributed by atoms with E-state index in [9.17, 15) is 24.0 Å². The van der Waals surface area contributed by atoms with Crippen LogP contribution in [0.5, 0.6) is 5.75 Å². The number of piperazine rings is 1. The fraction of sp³-hybridized carbons (Fsp3) is 0.634. The number of carbonyl (C=O) groups excluding carboxylic acids is 1. The van der Waals surface area contributed by atoms with E-state index in [1.165, 1.54) is 11.1 Å². The van der Waals surface area contributed by atoms with Crippen molar-refractivity contribution < 1.29 is 28.7 Å². The number of carboxylic acids is 1. The minimum Gasteiger partial charge on any atom is -0.490 e. The lowest BCUT2D eigenvalue weighted by Crippen LogP contribution is -2.59. The van der Waals surface area contributed by atoms with E-state index in [1.807, 2.05) is 25.1 Å². The summed E-state index contributed by atoms with van der Waals surface area (Å²) < 4.78 is 23.5. The highest BCUT2D eigenvalue weighted by atomic mass is 35.5. The topological polar surface area (TPSA) is 123 Å². The van der Waals surface area contributed by atoms with E-state index in [-0.39, 0.29) is 34.8 Å². The summed E-state index contributed by atoms with van der Waals surface area (Å²) in [7, 11) is -2.98. The zero-order chi connectivity index (χ0) is 37.5. The average Bonchev–Trinajstić information content (AvgIpc) is 3.25. The molecule has 53 heavy (non-hydrogen) atoms. The number of nitrogens with one attached hydrogen (secondary N) is 1. The number of aliphatic hydroxyl groups is 1. The van der Waals surface area contributed by atoms with Crippen molar-refractivity contribution >= 4 is 44.7 Å². The molecule has 0 aromatic heterocycles. The van der Waals surface area contributed by atoms with Gasteiger partial charge in [0.25, 0.3) is 5.91 Å². The Balaban J connectivity index is 1.23. The van der Waals surface area contributed by atoms with Crippen LogP contribution in [-0.2, 0) is 26.3 Å². The number of hydrogen-bond donors (Lipinski definition) is 3. The molecule has 3 heterocycles. The molecule has 1 saturated heterocycles. The van der Waals surface area contributed by atoms with Crippen molar-refractivity contribution in [3.05, 3.63) is 58.1 Å². The summed E-state index contributed by atoms with van der Waals surface area (Å²) in [5.74, 6) is 3.96. The number of carboxylic acid groups (broad SMARTS) is 1. The van der Waals surface area contributed by atoms with Gasteiger partial charge in [-0.1, -0.05) is 31.0 Å². The fourth-order valence-corrected chi connectivity index (χ4v) is 11.6. The van der Waals surface area contributed by atoms with E-state index in [0.717, 1.165) is 94.1 Å². The molecule has 2 aromatic rings. The van der Waals surface area contributed by atoms with Gasteiger partial charge in [0, 0.05) is 73.6 Å². The summed E-state index contributed by atoms with van der Waals surface area (Å²) in [5, 5.41) is 22.4. The Morgan fingerprint density at radius 2 is 1.83 bits per heavy atom. The van der Waals surface area contributed by atoms with Gasteiger partial charge in [-0.25, -0.2) is 4.21 Å². The second kappa shape index (κ2) is 15.4. The van der Waals surface area contributed by atoms with Crippen molar-refractivity contribution in [1.29, 1.82) is 0 Å². The number of aliphatic carboxylic acids is 1. The number of carbonyl (C=O) groups is 2. The van der Waals surface area contributed by atoms with Gasteiger partial charge in [-0.3, -0.25) is 19.2 Å². The molecule has 12 heteroatoms. The number of nitrogens with zero attached hydrogens (tertiary/aromatic N) is 3. The Hall–Kier alpha value is -2.83. The van der Waals surface area contributed by atoms with Crippen molar-refractivity contribution in [3.63, 3.8) is 0 Å². The molecule has 7 rings (SSSR count). The molecule has 7 atom stereocenters. The Morgan fingerprint density at radius 3 is 2.57 bits per heavy atom. The highest BCUT2D eigenvalue weighted by Gasteiger charge is 2.49. The molecule has 3 N–H and O–H groups in total. The first-order valence-corrected chi connectivity index (χ1v) is 21.8. The number of anilines is 1. The van der Waals surface area contributed by atoms with Gasteiger partial charge in [-0.05, 0) is 117 Å². The van der Waals surface area contributed by atoms with Crippen LogP contribution in [0.15, 0.2) is 36.4 Å². The van der Waals surface area contributed by atoms with Crippen LogP contribution in [0.1, 0.15) is 86.7 Å². The molecular formula is C41H57ClN4O6S. The molecule has 1 amide bonds. The summed E-state index contributed by atoms with van der Waals surface area (Å²) in [4.78, 5) is 31.9. The van der Waals surface area contributed by atoms with Gasteiger partial charge in [-0.15, -0.1) is 0 Å². The van der Waals surface area contributed by atoms with Gasteiger partial charge in [0.05, 0.1) is 34.0 Å². The third-order valence-corrected chi connectivity index (χ3v) is 15.8. The molecule has 10 nitrogen and oxygen atoms in total. The molecule has 1 spiro atoms. The first kappa shape index (κ1) is 38.4. The van der Waals surface area contributed by atoms with E-state index < -0.39 is 27.2 Å². The number of β-amino-alcohol motifs (C(OH)–C–C–N with tert-alkyl or cyclic N) is 1. The summed E-state index contributed by atoms with van der Waals surface area (Å²) in [5.41, 5.74) is 2.63. The SMILES string of the molecule is C=S1(=O)NC(=O)c2ccc3c(c2)N(C[C@@H]2CC[C@H]2[C@@](O)(CN2CCN(CCC(=O)O)CC2)CCC[C@H](C)[C@H]1C)C[C@@]1(CCCc2cc(Cl)ccc21)CO3. The third-order valence-electron chi connectivity index (χ3n) is 13.4. The average molecular weight is 769 g/mol. The van der Waals surface area contributed by atoms with Crippen molar-refractivity contribution in [2.75, 3.05) is 63.9 Å². The predicted octanol–water partition coefficient (Wildman–Crippen LogP) is 5.23. The lowest BCUT2D eigenvalue weighted by molar-refractivity contribution is -0.137. The molecule has 2 aromatic carbocycles. The molecule has 3 aliphatic heterocycles. The quantitative estimate of drug-likeness (QED) is 0.351. The van der Waals surface area contributed by atoms with Gasteiger partial charge in [0.15, 0.2) is 0 Å². The van der Waals surface area contributed by atoms with Crippen LogP contribution < -0.4 is 14.4 Å². The summed E-state index contributed by atoms with van der Waals surface area (Å²) in [6.07, 6.45) is 7.24. The number of amides is 1. The van der Waals surface area contributed by atoms with Gasteiger partial charge in [0.1, 0.15) is 5.75 Å². The maximum absolute atomic E-state index is 14.0. The highest BCUT2D eigenvalue weighted by Crippen LogP contribution is 2.49. The van der Waals surface area contributed by atoms with Crippen LogP contribution in [0, 0.1) is 17.8 Å². The molecular weight excluding hydrogens is 712 g/mol. The summed E-state index contributed by atoms with van der Waals surface area (Å²) >= 11 is 6.49. The predicted molar refractivity (Wildman–Crippen MR) is 212 cm³/mol. The van der Waals surface area contributed by atoms with Crippen molar-refractivity contribution in [3.8, 4) is 5.75 Å².